The van der Waals surface area contributed by atoms with Gasteiger partial charge in [0.15, 0.2) is 0 Å². The van der Waals surface area contributed by atoms with Crippen LogP contribution in [0.3, 0.4) is 0 Å². The standard InChI is InChI=1S/C25H28ClN3O3/c1-25(2,3)29(24(31)32)14-12-19(13-15-29)28-23(30)21-7-5-4-6-20(21)22(27-28)16-17-8-10-18(26)11-9-17/h4-11,19H,12-16H2,1-3H3. The van der Waals surface area contributed by atoms with Gasteiger partial charge in [-0.05, 0) is 44.5 Å². The Kier molecular flexibility index (Phi) is 5.86. The number of piperidine rings is 1. The first-order valence-corrected chi connectivity index (χ1v) is 11.3. The summed E-state index contributed by atoms with van der Waals surface area (Å²) in [5, 5.41) is 19.0. The number of aromatic nitrogens is 2. The molecule has 1 fully saturated rings. The summed E-state index contributed by atoms with van der Waals surface area (Å²) in [5.74, 6) is 0. The van der Waals surface area contributed by atoms with Crippen LogP contribution < -0.4 is 10.7 Å². The van der Waals surface area contributed by atoms with Crippen LogP contribution in [-0.4, -0.2) is 39.0 Å². The van der Waals surface area contributed by atoms with Gasteiger partial charge in [-0.15, -0.1) is 0 Å². The van der Waals surface area contributed by atoms with Crippen LogP contribution in [0.25, 0.3) is 10.8 Å². The summed E-state index contributed by atoms with van der Waals surface area (Å²) in [4.78, 5) is 25.4. The van der Waals surface area contributed by atoms with Crippen LogP contribution in [0.5, 0.6) is 0 Å². The molecule has 4 rings (SSSR count). The highest BCUT2D eigenvalue weighted by atomic mass is 35.5. The maximum Gasteiger partial charge on any atom is 0.274 e. The third kappa shape index (κ3) is 3.93. The van der Waals surface area contributed by atoms with E-state index in [1.165, 1.54) is 0 Å². The number of amides is 1. The molecule has 0 radical (unpaired) electrons. The first-order chi connectivity index (χ1) is 15.1. The predicted molar refractivity (Wildman–Crippen MR) is 124 cm³/mol. The first kappa shape index (κ1) is 22.5. The highest BCUT2D eigenvalue weighted by Crippen LogP contribution is 2.34. The Morgan fingerprint density at radius 2 is 1.69 bits per heavy atom. The van der Waals surface area contributed by atoms with Gasteiger partial charge in [-0.3, -0.25) is 9.28 Å². The van der Waals surface area contributed by atoms with Crippen molar-refractivity contribution >= 4 is 28.5 Å². The zero-order valence-corrected chi connectivity index (χ0v) is 19.4. The molecule has 7 heteroatoms. The van der Waals surface area contributed by atoms with Crippen LogP contribution in [0, 0.1) is 0 Å². The molecule has 168 valence electrons. The van der Waals surface area contributed by atoms with Crippen molar-refractivity contribution in [2.45, 2.75) is 51.6 Å². The van der Waals surface area contributed by atoms with Gasteiger partial charge in [-0.1, -0.05) is 41.9 Å². The molecule has 32 heavy (non-hydrogen) atoms. The number of carbonyl (C=O) groups excluding carboxylic acids is 1. The quantitative estimate of drug-likeness (QED) is 0.563. The highest BCUT2D eigenvalue weighted by molar-refractivity contribution is 6.30. The van der Waals surface area contributed by atoms with E-state index < -0.39 is 11.6 Å². The molecule has 1 amide bonds. The molecule has 0 N–H and O–H groups in total. The SMILES string of the molecule is CC(C)(C)[N+]1(C(=O)[O-])CCC(n2nc(Cc3ccc(Cl)cc3)c3ccccc3c2=O)CC1. The smallest absolute Gasteiger partial charge is 0.274 e. The molecular formula is C25H28ClN3O3. The average molecular weight is 454 g/mol. The fraction of sp³-hybridized carbons (Fsp3) is 0.400. The second kappa shape index (κ2) is 8.34. The van der Waals surface area contributed by atoms with E-state index in [0.29, 0.717) is 42.8 Å². The number of halogens is 1. The van der Waals surface area contributed by atoms with Crippen molar-refractivity contribution in [3.8, 4) is 0 Å². The molecule has 0 atom stereocenters. The number of hydrogen-bond donors (Lipinski definition) is 0. The second-order valence-electron chi connectivity index (χ2n) is 9.63. The van der Waals surface area contributed by atoms with Gasteiger partial charge >= 0.3 is 0 Å². The molecule has 2 heterocycles. The number of likely N-dealkylation sites (tertiary alicyclic amines) is 1. The van der Waals surface area contributed by atoms with Gasteiger partial charge in [0.05, 0.1) is 35.8 Å². The van der Waals surface area contributed by atoms with E-state index in [2.05, 4.69) is 0 Å². The number of quaternary nitrogens is 1. The summed E-state index contributed by atoms with van der Waals surface area (Å²) in [6, 6.07) is 15.0. The molecule has 6 nitrogen and oxygen atoms in total. The Balaban J connectivity index is 1.72. The predicted octanol–water partition coefficient (Wildman–Crippen LogP) is 3.93. The number of benzene rings is 2. The number of nitrogens with zero attached hydrogens (tertiary/aromatic N) is 3. The van der Waals surface area contributed by atoms with E-state index in [-0.39, 0.29) is 16.1 Å². The Morgan fingerprint density at radius 3 is 2.25 bits per heavy atom. The van der Waals surface area contributed by atoms with Crippen LogP contribution >= 0.6 is 11.6 Å². The van der Waals surface area contributed by atoms with Gasteiger partial charge in [0, 0.05) is 29.7 Å². The molecule has 1 saturated heterocycles. The van der Waals surface area contributed by atoms with Gasteiger partial charge in [0.1, 0.15) is 0 Å². The third-order valence-corrected chi connectivity index (χ3v) is 7.11. The first-order valence-electron chi connectivity index (χ1n) is 11.0. The topological polar surface area (TPSA) is 75.0 Å². The molecule has 0 spiro atoms. The molecule has 1 aliphatic rings. The summed E-state index contributed by atoms with van der Waals surface area (Å²) < 4.78 is 1.48. The lowest BCUT2D eigenvalue weighted by Crippen LogP contribution is -2.70. The fourth-order valence-corrected chi connectivity index (χ4v) is 4.94. The third-order valence-electron chi connectivity index (χ3n) is 6.86. The maximum atomic E-state index is 13.3. The lowest BCUT2D eigenvalue weighted by atomic mass is 9.93. The van der Waals surface area contributed by atoms with E-state index in [1.807, 2.05) is 69.3 Å². The van der Waals surface area contributed by atoms with Crippen LogP contribution in [-0.2, 0) is 6.42 Å². The van der Waals surface area contributed by atoms with Crippen molar-refractivity contribution < 1.29 is 14.4 Å². The van der Waals surface area contributed by atoms with Gasteiger partial charge in [-0.2, -0.15) is 5.10 Å². The van der Waals surface area contributed by atoms with E-state index in [1.54, 1.807) is 4.68 Å². The Labute approximate surface area is 192 Å². The van der Waals surface area contributed by atoms with Crippen LogP contribution in [0.2, 0.25) is 5.02 Å². The maximum absolute atomic E-state index is 13.3. The lowest BCUT2D eigenvalue weighted by Gasteiger charge is -2.51. The molecule has 0 unspecified atom stereocenters. The molecule has 0 bridgehead atoms. The minimum Gasteiger partial charge on any atom is -0.498 e. The summed E-state index contributed by atoms with van der Waals surface area (Å²) in [6.45, 7) is 6.59. The number of hydrogen-bond acceptors (Lipinski definition) is 4. The largest absolute Gasteiger partial charge is 0.498 e. The number of carboxylic acid groups (broad SMARTS) is 1. The molecule has 0 aliphatic carbocycles. The van der Waals surface area contributed by atoms with Gasteiger partial charge in [0.2, 0.25) is 0 Å². The highest BCUT2D eigenvalue weighted by Gasteiger charge is 2.46. The normalized spacial score (nSPS) is 21.6. The minimum absolute atomic E-state index is 0.108. The van der Waals surface area contributed by atoms with Gasteiger partial charge < -0.3 is 9.90 Å². The van der Waals surface area contributed by atoms with E-state index in [4.69, 9.17) is 16.7 Å². The van der Waals surface area contributed by atoms with E-state index in [0.717, 1.165) is 16.6 Å². The molecule has 3 aromatic rings. The zero-order valence-electron chi connectivity index (χ0n) is 18.7. The summed E-state index contributed by atoms with van der Waals surface area (Å²) in [5.41, 5.74) is 1.27. The van der Waals surface area contributed by atoms with Crippen LogP contribution in [0.4, 0.5) is 4.79 Å². The molecule has 1 aliphatic heterocycles. The van der Waals surface area contributed by atoms with E-state index >= 15 is 0 Å². The fourth-order valence-electron chi connectivity index (χ4n) is 4.81. The van der Waals surface area contributed by atoms with Crippen LogP contribution in [0.15, 0.2) is 53.3 Å². The number of carbonyl (C=O) groups is 1. The van der Waals surface area contributed by atoms with Crippen molar-refractivity contribution in [2.24, 2.45) is 0 Å². The van der Waals surface area contributed by atoms with Crippen molar-refractivity contribution in [2.75, 3.05) is 13.1 Å². The Bertz CT molecular complexity index is 1200. The van der Waals surface area contributed by atoms with Crippen molar-refractivity contribution in [1.29, 1.82) is 0 Å². The Morgan fingerprint density at radius 1 is 1.09 bits per heavy atom. The average Bonchev–Trinajstić information content (AvgIpc) is 2.76. The van der Waals surface area contributed by atoms with Crippen molar-refractivity contribution in [1.82, 2.24) is 9.78 Å². The monoisotopic (exact) mass is 453 g/mol. The van der Waals surface area contributed by atoms with Crippen molar-refractivity contribution in [3.63, 3.8) is 0 Å². The zero-order chi connectivity index (χ0) is 23.1. The number of fused-ring (bicyclic) bond motifs is 1. The second-order valence-corrected chi connectivity index (χ2v) is 10.1. The molecular weight excluding hydrogens is 426 g/mol. The summed E-state index contributed by atoms with van der Waals surface area (Å²) in [6.07, 6.45) is 0.623. The summed E-state index contributed by atoms with van der Waals surface area (Å²) in [7, 11) is 0. The molecule has 2 aromatic carbocycles. The number of rotatable bonds is 3. The lowest BCUT2D eigenvalue weighted by molar-refractivity contribution is -0.924. The van der Waals surface area contributed by atoms with Crippen LogP contribution in [0.1, 0.15) is 50.9 Å². The van der Waals surface area contributed by atoms with Crippen molar-refractivity contribution in [3.05, 3.63) is 75.2 Å². The van der Waals surface area contributed by atoms with E-state index in [9.17, 15) is 14.7 Å². The molecule has 1 aromatic heterocycles. The van der Waals surface area contributed by atoms with Gasteiger partial charge in [-0.25, -0.2) is 4.68 Å². The minimum atomic E-state index is -1.06. The molecule has 0 saturated carbocycles. The van der Waals surface area contributed by atoms with Gasteiger partial charge in [0.25, 0.3) is 11.7 Å². The Hall–Kier alpha value is -2.70. The summed E-state index contributed by atoms with van der Waals surface area (Å²) >= 11 is 6.03.